The zero-order valence-electron chi connectivity index (χ0n) is 16.7. The fourth-order valence-corrected chi connectivity index (χ4v) is 4.66. The average molecular weight is 423 g/mol. The second-order valence-corrected chi connectivity index (χ2v) is 8.83. The van der Waals surface area contributed by atoms with E-state index in [-0.39, 0.29) is 5.56 Å². The molecule has 1 fully saturated rings. The van der Waals surface area contributed by atoms with E-state index in [0.29, 0.717) is 16.9 Å². The van der Waals surface area contributed by atoms with Gasteiger partial charge in [0.25, 0.3) is 0 Å². The third kappa shape index (κ3) is 3.63. The van der Waals surface area contributed by atoms with E-state index in [1.165, 1.54) is 17.8 Å². The molecular formula is C22H22N4O3S. The molecule has 7 nitrogen and oxygen atoms in total. The van der Waals surface area contributed by atoms with Crippen LogP contribution in [0, 0.1) is 0 Å². The summed E-state index contributed by atoms with van der Waals surface area (Å²) < 4.78 is 6.93. The van der Waals surface area contributed by atoms with E-state index >= 15 is 0 Å². The summed E-state index contributed by atoms with van der Waals surface area (Å²) in [6.07, 6.45) is 5.73. The van der Waals surface area contributed by atoms with Crippen LogP contribution in [0.4, 0.5) is 16.5 Å². The van der Waals surface area contributed by atoms with Gasteiger partial charge in [-0.3, -0.25) is 0 Å². The number of carboxylic acids is 1. The van der Waals surface area contributed by atoms with Gasteiger partial charge in [0.1, 0.15) is 11.4 Å². The lowest BCUT2D eigenvalue weighted by atomic mass is 9.96. The van der Waals surface area contributed by atoms with Gasteiger partial charge in [-0.1, -0.05) is 11.3 Å². The van der Waals surface area contributed by atoms with Crippen LogP contribution in [0.25, 0.3) is 10.2 Å². The molecule has 0 amide bonds. The number of hydrogen-bond donors (Lipinski definition) is 1. The molecule has 1 aromatic heterocycles. The van der Waals surface area contributed by atoms with Crippen molar-refractivity contribution in [3.8, 4) is 5.75 Å². The third-order valence-corrected chi connectivity index (χ3v) is 6.63. The molecule has 30 heavy (non-hydrogen) atoms. The Morgan fingerprint density at radius 1 is 1.23 bits per heavy atom. The fourth-order valence-electron chi connectivity index (χ4n) is 3.84. The lowest BCUT2D eigenvalue weighted by molar-refractivity contribution is 0.0697. The van der Waals surface area contributed by atoms with Gasteiger partial charge in [0.2, 0.25) is 5.13 Å². The minimum atomic E-state index is -1.01. The van der Waals surface area contributed by atoms with Crippen molar-refractivity contribution in [2.24, 2.45) is 10.2 Å². The number of rotatable bonds is 5. The van der Waals surface area contributed by atoms with E-state index in [4.69, 9.17) is 4.74 Å². The van der Waals surface area contributed by atoms with Crippen LogP contribution in [0.2, 0.25) is 0 Å². The number of benzene rings is 2. The molecule has 0 spiro atoms. The summed E-state index contributed by atoms with van der Waals surface area (Å²) in [5, 5.41) is 18.7. The molecule has 1 aliphatic heterocycles. The molecule has 0 atom stereocenters. The van der Waals surface area contributed by atoms with Crippen molar-refractivity contribution in [2.75, 3.05) is 18.5 Å². The highest BCUT2D eigenvalue weighted by atomic mass is 32.1. The van der Waals surface area contributed by atoms with Crippen LogP contribution in [0.5, 0.6) is 5.75 Å². The Labute approximate surface area is 178 Å². The molecule has 1 saturated carbocycles. The number of thiazole rings is 1. The minimum Gasteiger partial charge on any atom is -0.490 e. The number of hydrogen-bond acceptors (Lipinski definition) is 7. The van der Waals surface area contributed by atoms with Crippen LogP contribution in [0.3, 0.4) is 0 Å². The van der Waals surface area contributed by atoms with Crippen molar-refractivity contribution >= 4 is 44.0 Å². The SMILES string of the molecule is CN1CCCc2cc(N=Nc3nc4ccc(OC5CCC5)cc4s3)c(C(=O)O)cc21. The molecule has 154 valence electrons. The topological polar surface area (TPSA) is 87.4 Å². The molecule has 1 N–H and O–H groups in total. The van der Waals surface area contributed by atoms with Crippen LogP contribution in [-0.4, -0.2) is 35.8 Å². The molecule has 3 aromatic rings. The van der Waals surface area contributed by atoms with Gasteiger partial charge in [0.15, 0.2) is 0 Å². The van der Waals surface area contributed by atoms with Crippen molar-refractivity contribution in [3.63, 3.8) is 0 Å². The smallest absolute Gasteiger partial charge is 0.338 e. The summed E-state index contributed by atoms with van der Waals surface area (Å²) in [4.78, 5) is 18.4. The normalized spacial score (nSPS) is 16.6. The molecule has 0 bridgehead atoms. The molecule has 8 heteroatoms. The molecule has 2 aliphatic rings. The molecule has 2 aromatic carbocycles. The van der Waals surface area contributed by atoms with Gasteiger partial charge in [0.05, 0.1) is 21.9 Å². The van der Waals surface area contributed by atoms with Gasteiger partial charge < -0.3 is 14.7 Å². The van der Waals surface area contributed by atoms with Gasteiger partial charge in [0, 0.05) is 19.3 Å². The molecular weight excluding hydrogens is 400 g/mol. The van der Waals surface area contributed by atoms with E-state index in [1.807, 2.05) is 31.3 Å². The zero-order valence-corrected chi connectivity index (χ0v) is 17.5. The maximum Gasteiger partial charge on any atom is 0.338 e. The van der Waals surface area contributed by atoms with Crippen molar-refractivity contribution < 1.29 is 14.6 Å². The summed E-state index contributed by atoms with van der Waals surface area (Å²) in [6.45, 7) is 0.922. The van der Waals surface area contributed by atoms with Gasteiger partial charge in [-0.25, -0.2) is 9.78 Å². The number of carbonyl (C=O) groups is 1. The molecule has 1 aliphatic carbocycles. The van der Waals surface area contributed by atoms with Crippen LogP contribution >= 0.6 is 11.3 Å². The van der Waals surface area contributed by atoms with Crippen LogP contribution in [0.1, 0.15) is 41.6 Å². The summed E-state index contributed by atoms with van der Waals surface area (Å²) in [6, 6.07) is 9.39. The number of aromatic nitrogens is 1. The third-order valence-electron chi connectivity index (χ3n) is 5.73. The van der Waals surface area contributed by atoms with Crippen molar-refractivity contribution in [1.29, 1.82) is 0 Å². The molecule has 0 saturated heterocycles. The summed E-state index contributed by atoms with van der Waals surface area (Å²) in [7, 11) is 1.98. The highest BCUT2D eigenvalue weighted by molar-refractivity contribution is 7.21. The van der Waals surface area contributed by atoms with E-state index in [2.05, 4.69) is 20.1 Å². The Bertz CT molecular complexity index is 1150. The number of aromatic carboxylic acids is 1. The number of azo groups is 1. The van der Waals surface area contributed by atoms with E-state index in [1.54, 1.807) is 6.07 Å². The first kappa shape index (κ1) is 19.0. The maximum absolute atomic E-state index is 11.8. The molecule has 5 rings (SSSR count). The van der Waals surface area contributed by atoms with Crippen molar-refractivity contribution in [1.82, 2.24) is 4.98 Å². The van der Waals surface area contributed by atoms with Gasteiger partial charge in [-0.2, -0.15) is 0 Å². The van der Waals surface area contributed by atoms with E-state index in [0.717, 1.165) is 59.4 Å². The number of fused-ring (bicyclic) bond motifs is 2. The highest BCUT2D eigenvalue weighted by Gasteiger charge is 2.21. The number of ether oxygens (including phenoxy) is 1. The summed E-state index contributed by atoms with van der Waals surface area (Å²) >= 11 is 1.42. The zero-order chi connectivity index (χ0) is 20.7. The molecule has 0 radical (unpaired) electrons. The van der Waals surface area contributed by atoms with Gasteiger partial charge >= 0.3 is 5.97 Å². The first-order chi connectivity index (χ1) is 14.6. The first-order valence-corrected chi connectivity index (χ1v) is 11.0. The second-order valence-electron chi connectivity index (χ2n) is 7.83. The Morgan fingerprint density at radius 2 is 2.10 bits per heavy atom. The minimum absolute atomic E-state index is 0.156. The highest BCUT2D eigenvalue weighted by Crippen LogP contribution is 2.36. The van der Waals surface area contributed by atoms with Crippen LogP contribution in [0.15, 0.2) is 40.6 Å². The largest absolute Gasteiger partial charge is 0.490 e. The Hall–Kier alpha value is -3.00. The summed E-state index contributed by atoms with van der Waals surface area (Å²) in [5.74, 6) is -0.154. The lowest BCUT2D eigenvalue weighted by Crippen LogP contribution is -2.25. The number of aryl methyl sites for hydroxylation is 1. The number of carboxylic acid groups (broad SMARTS) is 1. The fraction of sp³-hybridized carbons (Fsp3) is 0.364. The second kappa shape index (κ2) is 7.68. The predicted octanol–water partition coefficient (Wildman–Crippen LogP) is 5.72. The van der Waals surface area contributed by atoms with Gasteiger partial charge in [-0.05, 0) is 68.0 Å². The van der Waals surface area contributed by atoms with E-state index < -0.39 is 5.97 Å². The Morgan fingerprint density at radius 3 is 2.87 bits per heavy atom. The predicted molar refractivity (Wildman–Crippen MR) is 117 cm³/mol. The average Bonchev–Trinajstić information content (AvgIpc) is 3.11. The number of nitrogens with zero attached hydrogens (tertiary/aromatic N) is 4. The van der Waals surface area contributed by atoms with Crippen LogP contribution < -0.4 is 9.64 Å². The monoisotopic (exact) mass is 422 g/mol. The quantitative estimate of drug-likeness (QED) is 0.531. The van der Waals surface area contributed by atoms with E-state index in [9.17, 15) is 9.90 Å². The lowest BCUT2D eigenvalue weighted by Gasteiger charge is -2.28. The molecule has 0 unspecified atom stereocenters. The first-order valence-electron chi connectivity index (χ1n) is 10.2. The molecule has 2 heterocycles. The standard InChI is InChI=1S/C22H22N4O3S/c1-26-9-3-4-13-10-18(16(21(27)28)12-19(13)26)24-25-22-23-17-8-7-15(11-20(17)30-22)29-14-5-2-6-14/h7-8,10-12,14H,2-6,9H2,1H3,(H,27,28). The van der Waals surface area contributed by atoms with Crippen molar-refractivity contribution in [2.45, 2.75) is 38.2 Å². The number of anilines is 1. The maximum atomic E-state index is 11.8. The van der Waals surface area contributed by atoms with Gasteiger partial charge in [-0.15, -0.1) is 10.2 Å². The Balaban J connectivity index is 1.44. The van der Waals surface area contributed by atoms with Crippen molar-refractivity contribution in [3.05, 3.63) is 41.5 Å². The Kier molecular flexibility index (Phi) is 4.86. The summed E-state index contributed by atoms with van der Waals surface area (Å²) in [5.41, 5.74) is 3.41. The van der Waals surface area contributed by atoms with Crippen LogP contribution in [-0.2, 0) is 6.42 Å².